The molecular weight excluding hydrogens is 295 g/mol. The molecule has 0 fully saturated rings. The highest BCUT2D eigenvalue weighted by atomic mass is 32.2. The minimum atomic E-state index is -4.28. The summed E-state index contributed by atoms with van der Waals surface area (Å²) in [4.78, 5) is 0.191. The number of thioether (sulfide) groups is 1. The quantitative estimate of drug-likeness (QED) is 0.745. The molecule has 112 valence electrons. The molecular formula is C16H16F3NS. The molecule has 0 aliphatic carbocycles. The van der Waals surface area contributed by atoms with Crippen molar-refractivity contribution in [2.75, 3.05) is 5.32 Å². The fourth-order valence-corrected chi connectivity index (χ4v) is 2.78. The summed E-state index contributed by atoms with van der Waals surface area (Å²) < 4.78 is 37.6. The molecule has 2 aromatic rings. The van der Waals surface area contributed by atoms with E-state index in [1.54, 1.807) is 18.2 Å². The normalized spacial score (nSPS) is 11.5. The minimum Gasteiger partial charge on any atom is -0.380 e. The highest BCUT2D eigenvalue weighted by Gasteiger charge is 2.30. The van der Waals surface area contributed by atoms with Gasteiger partial charge in [-0.3, -0.25) is 0 Å². The van der Waals surface area contributed by atoms with E-state index in [-0.39, 0.29) is 16.7 Å². The van der Waals surface area contributed by atoms with Crippen molar-refractivity contribution in [1.29, 1.82) is 0 Å². The summed E-state index contributed by atoms with van der Waals surface area (Å²) in [7, 11) is 0. The average Bonchev–Trinajstić information content (AvgIpc) is 2.38. The van der Waals surface area contributed by atoms with Gasteiger partial charge in [0.05, 0.1) is 0 Å². The van der Waals surface area contributed by atoms with Gasteiger partial charge in [-0.25, -0.2) is 0 Å². The van der Waals surface area contributed by atoms with E-state index in [0.29, 0.717) is 12.2 Å². The number of aryl methyl sites for hydroxylation is 2. The maximum absolute atomic E-state index is 12.5. The molecule has 1 nitrogen and oxygen atoms in total. The first-order valence-electron chi connectivity index (χ1n) is 6.50. The first kappa shape index (κ1) is 15.8. The Labute approximate surface area is 126 Å². The van der Waals surface area contributed by atoms with Gasteiger partial charge in [-0.1, -0.05) is 30.3 Å². The van der Waals surface area contributed by atoms with Crippen molar-refractivity contribution < 1.29 is 13.2 Å². The lowest BCUT2D eigenvalue weighted by atomic mass is 10.0. The molecule has 0 aromatic heterocycles. The van der Waals surface area contributed by atoms with Crippen LogP contribution in [0.15, 0.2) is 47.4 Å². The third-order valence-corrected chi connectivity index (χ3v) is 4.02. The van der Waals surface area contributed by atoms with Crippen molar-refractivity contribution in [2.45, 2.75) is 30.8 Å². The Bertz CT molecular complexity index is 603. The van der Waals surface area contributed by atoms with Crippen molar-refractivity contribution in [3.05, 3.63) is 59.2 Å². The van der Waals surface area contributed by atoms with Crippen LogP contribution in [-0.2, 0) is 6.54 Å². The van der Waals surface area contributed by atoms with Crippen molar-refractivity contribution in [3.63, 3.8) is 0 Å². The maximum atomic E-state index is 12.5. The van der Waals surface area contributed by atoms with E-state index >= 15 is 0 Å². The van der Waals surface area contributed by atoms with Gasteiger partial charge < -0.3 is 5.32 Å². The molecule has 0 atom stereocenters. The number of alkyl halides is 3. The van der Waals surface area contributed by atoms with Crippen LogP contribution in [0.4, 0.5) is 18.9 Å². The fraction of sp³-hybridized carbons (Fsp3) is 0.250. The van der Waals surface area contributed by atoms with Gasteiger partial charge in [0.1, 0.15) is 0 Å². The molecule has 2 rings (SSSR count). The molecule has 21 heavy (non-hydrogen) atoms. The number of anilines is 1. The van der Waals surface area contributed by atoms with Crippen LogP contribution in [0.25, 0.3) is 0 Å². The number of rotatable bonds is 4. The van der Waals surface area contributed by atoms with Crippen LogP contribution in [0, 0.1) is 13.8 Å². The molecule has 5 heteroatoms. The van der Waals surface area contributed by atoms with Gasteiger partial charge >= 0.3 is 5.51 Å². The summed E-state index contributed by atoms with van der Waals surface area (Å²) in [6.07, 6.45) is 0. The molecule has 0 aliphatic heterocycles. The zero-order chi connectivity index (χ0) is 15.5. The summed E-state index contributed by atoms with van der Waals surface area (Å²) >= 11 is -0.0916. The van der Waals surface area contributed by atoms with Crippen LogP contribution < -0.4 is 5.32 Å². The lowest BCUT2D eigenvalue weighted by molar-refractivity contribution is -0.0327. The summed E-state index contributed by atoms with van der Waals surface area (Å²) in [6.45, 7) is 4.51. The van der Waals surface area contributed by atoms with Crippen molar-refractivity contribution in [2.24, 2.45) is 0 Å². The lowest BCUT2D eigenvalue weighted by Gasteiger charge is -2.15. The summed E-state index contributed by atoms with van der Waals surface area (Å²) in [5, 5.41) is 3.11. The molecule has 0 radical (unpaired) electrons. The topological polar surface area (TPSA) is 12.0 Å². The summed E-state index contributed by atoms with van der Waals surface area (Å²) in [6, 6.07) is 12.5. The monoisotopic (exact) mass is 311 g/mol. The highest BCUT2D eigenvalue weighted by molar-refractivity contribution is 8.00. The zero-order valence-corrected chi connectivity index (χ0v) is 12.6. The Balaban J connectivity index is 2.17. The Hall–Kier alpha value is -1.62. The van der Waals surface area contributed by atoms with Gasteiger partial charge in [0.15, 0.2) is 0 Å². The van der Waals surface area contributed by atoms with E-state index in [9.17, 15) is 13.2 Å². The molecule has 0 heterocycles. The van der Waals surface area contributed by atoms with Gasteiger partial charge in [0.25, 0.3) is 0 Å². The molecule has 0 saturated heterocycles. The van der Waals surface area contributed by atoms with Crippen molar-refractivity contribution in [1.82, 2.24) is 0 Å². The Morgan fingerprint density at radius 3 is 2.19 bits per heavy atom. The van der Waals surface area contributed by atoms with Gasteiger partial charge in [-0.2, -0.15) is 13.2 Å². The number of benzene rings is 2. The molecule has 1 N–H and O–H groups in total. The van der Waals surface area contributed by atoms with Crippen molar-refractivity contribution >= 4 is 17.4 Å². The zero-order valence-electron chi connectivity index (χ0n) is 11.8. The minimum absolute atomic E-state index is 0.0916. The number of hydrogen-bond donors (Lipinski definition) is 1. The van der Waals surface area contributed by atoms with Crippen LogP contribution in [0.5, 0.6) is 0 Å². The number of nitrogens with one attached hydrogen (secondary N) is 1. The van der Waals surface area contributed by atoms with Gasteiger partial charge in [-0.15, -0.1) is 0 Å². The number of hydrogen-bond acceptors (Lipinski definition) is 2. The molecule has 0 bridgehead atoms. The van der Waals surface area contributed by atoms with Crippen LogP contribution in [0.2, 0.25) is 0 Å². The van der Waals surface area contributed by atoms with Crippen LogP contribution in [0.1, 0.15) is 16.7 Å². The Morgan fingerprint density at radius 2 is 1.57 bits per heavy atom. The maximum Gasteiger partial charge on any atom is 0.446 e. The van der Waals surface area contributed by atoms with E-state index in [0.717, 1.165) is 16.7 Å². The molecule has 0 aliphatic rings. The fourth-order valence-electron chi connectivity index (χ4n) is 2.14. The van der Waals surface area contributed by atoms with E-state index < -0.39 is 5.51 Å². The lowest BCUT2D eigenvalue weighted by Crippen LogP contribution is -2.06. The van der Waals surface area contributed by atoms with E-state index in [2.05, 4.69) is 5.32 Å². The molecule has 0 unspecified atom stereocenters. The van der Waals surface area contributed by atoms with E-state index in [4.69, 9.17) is 0 Å². The number of para-hydroxylation sites is 1. The average molecular weight is 311 g/mol. The SMILES string of the molecule is Cc1cccc(C)c1CNc1ccccc1SC(F)(F)F. The smallest absolute Gasteiger partial charge is 0.380 e. The van der Waals surface area contributed by atoms with Crippen LogP contribution in [0.3, 0.4) is 0 Å². The van der Waals surface area contributed by atoms with E-state index in [1.165, 1.54) is 6.07 Å². The molecule has 0 spiro atoms. The third kappa shape index (κ3) is 4.43. The predicted octanol–water partition coefficient (Wildman–Crippen LogP) is 5.53. The second-order valence-electron chi connectivity index (χ2n) is 4.77. The Kier molecular flexibility index (Phi) is 4.83. The van der Waals surface area contributed by atoms with E-state index in [1.807, 2.05) is 32.0 Å². The summed E-state index contributed by atoms with van der Waals surface area (Å²) in [5.41, 5.74) is -0.408. The predicted molar refractivity (Wildman–Crippen MR) is 81.6 cm³/mol. The number of halogens is 3. The first-order chi connectivity index (χ1) is 9.87. The molecule has 2 aromatic carbocycles. The highest BCUT2D eigenvalue weighted by Crippen LogP contribution is 2.40. The van der Waals surface area contributed by atoms with Gasteiger partial charge in [-0.05, 0) is 54.4 Å². The molecule has 0 saturated carbocycles. The van der Waals surface area contributed by atoms with Gasteiger partial charge in [0, 0.05) is 17.1 Å². The Morgan fingerprint density at radius 1 is 0.952 bits per heavy atom. The van der Waals surface area contributed by atoms with Crippen LogP contribution >= 0.6 is 11.8 Å². The van der Waals surface area contributed by atoms with Crippen molar-refractivity contribution in [3.8, 4) is 0 Å². The second kappa shape index (κ2) is 6.43. The van der Waals surface area contributed by atoms with Crippen LogP contribution in [-0.4, -0.2) is 5.51 Å². The second-order valence-corrected chi connectivity index (χ2v) is 5.87. The van der Waals surface area contributed by atoms with Gasteiger partial charge in [0.2, 0.25) is 0 Å². The molecule has 0 amide bonds. The summed E-state index contributed by atoms with van der Waals surface area (Å²) in [5.74, 6) is 0. The first-order valence-corrected chi connectivity index (χ1v) is 7.32. The third-order valence-electron chi connectivity index (χ3n) is 3.21. The standard InChI is InChI=1S/C16H16F3NS/c1-11-6-5-7-12(2)13(11)10-20-14-8-3-4-9-15(14)21-16(17,18)19/h3-9,20H,10H2,1-2H3. The largest absolute Gasteiger partial charge is 0.446 e.